The van der Waals surface area contributed by atoms with Gasteiger partial charge in [-0.1, -0.05) is 0 Å². The van der Waals surface area contributed by atoms with Crippen molar-refractivity contribution in [2.24, 2.45) is 5.73 Å². The van der Waals surface area contributed by atoms with E-state index in [9.17, 15) is 4.79 Å². The normalized spacial score (nSPS) is 12.7. The minimum absolute atomic E-state index is 0.239. The minimum atomic E-state index is -0.242. The zero-order chi connectivity index (χ0) is 11.3. The molecule has 0 saturated carbocycles. The molecule has 1 atom stereocenters. The Morgan fingerprint density at radius 2 is 2.47 bits per heavy atom. The van der Waals surface area contributed by atoms with Crippen molar-refractivity contribution in [3.05, 3.63) is 16.1 Å². The van der Waals surface area contributed by atoms with Gasteiger partial charge in [-0.25, -0.2) is 4.98 Å². The highest BCUT2D eigenvalue weighted by Crippen LogP contribution is 2.15. The average molecular weight is 227 g/mol. The van der Waals surface area contributed by atoms with Gasteiger partial charge in [-0.2, -0.15) is 0 Å². The van der Waals surface area contributed by atoms with Gasteiger partial charge in [0, 0.05) is 17.8 Å². The number of amides is 1. The number of nitrogens with two attached hydrogens (primary N) is 1. The van der Waals surface area contributed by atoms with E-state index in [1.807, 2.05) is 6.92 Å². The van der Waals surface area contributed by atoms with Crippen LogP contribution in [0.1, 0.15) is 36.5 Å². The first kappa shape index (κ1) is 12.1. The summed E-state index contributed by atoms with van der Waals surface area (Å²) in [6.07, 6.45) is 1.22. The molecule has 0 radical (unpaired) electrons. The molecule has 4 nitrogen and oxygen atoms in total. The second kappa shape index (κ2) is 5.82. The molecular weight excluding hydrogens is 210 g/mol. The predicted octanol–water partition coefficient (Wildman–Crippen LogP) is 1.37. The van der Waals surface area contributed by atoms with E-state index in [1.165, 1.54) is 0 Å². The van der Waals surface area contributed by atoms with Gasteiger partial charge in [0.15, 0.2) is 0 Å². The van der Waals surface area contributed by atoms with Crippen LogP contribution in [0.3, 0.4) is 0 Å². The third kappa shape index (κ3) is 4.40. The molecule has 15 heavy (non-hydrogen) atoms. The highest BCUT2D eigenvalue weighted by atomic mass is 32.1. The van der Waals surface area contributed by atoms with E-state index in [0.717, 1.165) is 23.7 Å². The Morgan fingerprint density at radius 3 is 3.00 bits per heavy atom. The molecule has 0 bridgehead atoms. The van der Waals surface area contributed by atoms with E-state index < -0.39 is 0 Å². The minimum Gasteiger partial charge on any atom is -0.370 e. The highest BCUT2D eigenvalue weighted by molar-refractivity contribution is 7.09. The molecule has 0 fully saturated rings. The van der Waals surface area contributed by atoms with Crippen molar-refractivity contribution in [2.45, 2.75) is 32.7 Å². The van der Waals surface area contributed by atoms with Gasteiger partial charge < -0.3 is 11.1 Å². The number of rotatable bonds is 6. The summed E-state index contributed by atoms with van der Waals surface area (Å²) in [6.45, 7) is 4.85. The van der Waals surface area contributed by atoms with Gasteiger partial charge in [0.05, 0.1) is 10.7 Å². The Balaban J connectivity index is 2.24. The molecule has 0 aliphatic rings. The lowest BCUT2D eigenvalue weighted by molar-refractivity contribution is -0.118. The van der Waals surface area contributed by atoms with E-state index in [1.54, 1.807) is 11.3 Å². The Labute approximate surface area is 93.9 Å². The molecule has 1 aromatic rings. The smallest absolute Gasteiger partial charge is 0.217 e. The van der Waals surface area contributed by atoms with Crippen molar-refractivity contribution in [3.63, 3.8) is 0 Å². The lowest BCUT2D eigenvalue weighted by atomic mass is 10.2. The summed E-state index contributed by atoms with van der Waals surface area (Å²) in [7, 11) is 0. The van der Waals surface area contributed by atoms with Crippen LogP contribution < -0.4 is 11.1 Å². The molecule has 0 saturated heterocycles. The summed E-state index contributed by atoms with van der Waals surface area (Å²) in [4.78, 5) is 14.9. The van der Waals surface area contributed by atoms with Crippen LogP contribution >= 0.6 is 11.3 Å². The topological polar surface area (TPSA) is 68.0 Å². The molecule has 1 unspecified atom stereocenters. The maximum atomic E-state index is 10.5. The lowest BCUT2D eigenvalue weighted by Gasteiger charge is -2.10. The fraction of sp³-hybridized carbons (Fsp3) is 0.600. The fourth-order valence-electron chi connectivity index (χ4n) is 1.26. The van der Waals surface area contributed by atoms with Crippen LogP contribution in [0.5, 0.6) is 0 Å². The van der Waals surface area contributed by atoms with Crippen molar-refractivity contribution >= 4 is 17.2 Å². The van der Waals surface area contributed by atoms with Gasteiger partial charge in [0.2, 0.25) is 5.91 Å². The van der Waals surface area contributed by atoms with Crippen LogP contribution in [-0.4, -0.2) is 17.4 Å². The van der Waals surface area contributed by atoms with Gasteiger partial charge in [-0.3, -0.25) is 4.79 Å². The number of hydrogen-bond donors (Lipinski definition) is 2. The molecular formula is C10H17N3OS. The maximum absolute atomic E-state index is 10.5. The molecule has 1 amide bonds. The van der Waals surface area contributed by atoms with Gasteiger partial charge in [-0.05, 0) is 26.8 Å². The zero-order valence-electron chi connectivity index (χ0n) is 9.12. The van der Waals surface area contributed by atoms with Gasteiger partial charge >= 0.3 is 0 Å². The Kier molecular flexibility index (Phi) is 4.71. The summed E-state index contributed by atoms with van der Waals surface area (Å²) >= 11 is 1.65. The van der Waals surface area contributed by atoms with Gasteiger partial charge in [0.25, 0.3) is 0 Å². The van der Waals surface area contributed by atoms with Crippen LogP contribution in [0.15, 0.2) is 5.38 Å². The maximum Gasteiger partial charge on any atom is 0.217 e. The van der Waals surface area contributed by atoms with Crippen molar-refractivity contribution < 1.29 is 4.79 Å². The van der Waals surface area contributed by atoms with Crippen LogP contribution in [0.2, 0.25) is 0 Å². The van der Waals surface area contributed by atoms with Crippen LogP contribution in [0.25, 0.3) is 0 Å². The van der Waals surface area contributed by atoms with E-state index in [2.05, 4.69) is 22.6 Å². The molecule has 0 aliphatic carbocycles. The Hall–Kier alpha value is -0.940. The summed E-state index contributed by atoms with van der Waals surface area (Å²) < 4.78 is 0. The SMILES string of the molecule is Cc1nc(C(C)NCCCC(N)=O)cs1. The molecule has 1 rings (SSSR count). The van der Waals surface area contributed by atoms with E-state index in [4.69, 9.17) is 5.73 Å². The number of nitrogens with zero attached hydrogens (tertiary/aromatic N) is 1. The highest BCUT2D eigenvalue weighted by Gasteiger charge is 2.07. The lowest BCUT2D eigenvalue weighted by Crippen LogP contribution is -2.21. The quantitative estimate of drug-likeness (QED) is 0.721. The number of carbonyl (C=O) groups excluding carboxylic acids is 1. The first-order valence-corrected chi connectivity index (χ1v) is 5.91. The largest absolute Gasteiger partial charge is 0.370 e. The van der Waals surface area contributed by atoms with E-state index in [0.29, 0.717) is 6.42 Å². The fourth-order valence-corrected chi connectivity index (χ4v) is 1.97. The van der Waals surface area contributed by atoms with Crippen LogP contribution in [0.4, 0.5) is 0 Å². The molecule has 1 heterocycles. The van der Waals surface area contributed by atoms with Crippen molar-refractivity contribution in [1.29, 1.82) is 0 Å². The molecule has 1 aromatic heterocycles. The van der Waals surface area contributed by atoms with Gasteiger partial charge in [0.1, 0.15) is 0 Å². The van der Waals surface area contributed by atoms with E-state index >= 15 is 0 Å². The summed E-state index contributed by atoms with van der Waals surface area (Å²) in [5.41, 5.74) is 6.11. The summed E-state index contributed by atoms with van der Waals surface area (Å²) in [6, 6.07) is 0.239. The summed E-state index contributed by atoms with van der Waals surface area (Å²) in [5.74, 6) is -0.242. The molecule has 3 N–H and O–H groups in total. The van der Waals surface area contributed by atoms with E-state index in [-0.39, 0.29) is 11.9 Å². The standard InChI is InChI=1S/C10H17N3OS/c1-7(9-6-15-8(2)13-9)12-5-3-4-10(11)14/h6-7,12H,3-5H2,1-2H3,(H2,11,14). The molecule has 84 valence electrons. The second-order valence-corrected chi connectivity index (χ2v) is 4.60. The average Bonchev–Trinajstić information content (AvgIpc) is 2.59. The van der Waals surface area contributed by atoms with Crippen molar-refractivity contribution in [1.82, 2.24) is 10.3 Å². The molecule has 5 heteroatoms. The number of aromatic nitrogens is 1. The van der Waals surface area contributed by atoms with Crippen LogP contribution in [-0.2, 0) is 4.79 Å². The Bertz CT molecular complexity index is 324. The van der Waals surface area contributed by atoms with Crippen LogP contribution in [0, 0.1) is 6.92 Å². The zero-order valence-corrected chi connectivity index (χ0v) is 9.93. The number of hydrogen-bond acceptors (Lipinski definition) is 4. The first-order chi connectivity index (χ1) is 7.09. The first-order valence-electron chi connectivity index (χ1n) is 5.03. The molecule has 0 spiro atoms. The second-order valence-electron chi connectivity index (χ2n) is 3.54. The number of primary amides is 1. The van der Waals surface area contributed by atoms with Crippen molar-refractivity contribution in [2.75, 3.05) is 6.54 Å². The monoisotopic (exact) mass is 227 g/mol. The third-order valence-electron chi connectivity index (χ3n) is 2.13. The molecule has 0 aliphatic heterocycles. The summed E-state index contributed by atoms with van der Waals surface area (Å²) in [5, 5.41) is 6.44. The number of nitrogens with one attached hydrogen (secondary N) is 1. The predicted molar refractivity (Wildman–Crippen MR) is 61.7 cm³/mol. The number of aryl methyl sites for hydroxylation is 1. The van der Waals surface area contributed by atoms with Gasteiger partial charge in [-0.15, -0.1) is 11.3 Å². The number of carbonyl (C=O) groups is 1. The molecule has 0 aromatic carbocycles. The third-order valence-corrected chi connectivity index (χ3v) is 2.92. The van der Waals surface area contributed by atoms with Crippen molar-refractivity contribution in [3.8, 4) is 0 Å². The number of thiazole rings is 1. The Morgan fingerprint density at radius 1 is 1.73 bits per heavy atom.